The number of hydrogen-bond donors (Lipinski definition) is 2. The van der Waals surface area contributed by atoms with Gasteiger partial charge in [0.05, 0.1) is 17.8 Å². The summed E-state index contributed by atoms with van der Waals surface area (Å²) < 4.78 is 0. The van der Waals surface area contributed by atoms with Crippen LogP contribution in [-0.4, -0.2) is 22.0 Å². The van der Waals surface area contributed by atoms with Crippen molar-refractivity contribution in [2.45, 2.75) is 38.6 Å². The molecule has 19 heavy (non-hydrogen) atoms. The van der Waals surface area contributed by atoms with Gasteiger partial charge < -0.3 is 10.4 Å². The zero-order valence-electron chi connectivity index (χ0n) is 10.8. The normalized spacial score (nSPS) is 16.0. The molecule has 0 atom stereocenters. The molecule has 1 heterocycles. The van der Waals surface area contributed by atoms with E-state index in [2.05, 4.69) is 10.3 Å². The molecule has 0 radical (unpaired) electrons. The maximum Gasteiger partial charge on any atom is 0.335 e. The van der Waals surface area contributed by atoms with Crippen LogP contribution < -0.4 is 5.32 Å². The average molecular weight is 262 g/mol. The SMILES string of the molecule is O=C(O)c1ccnc(CNC(=O)C2CCCCC2)c1. The largest absolute Gasteiger partial charge is 0.478 e. The second-order valence-corrected chi connectivity index (χ2v) is 4.89. The molecule has 0 spiro atoms. The van der Waals surface area contributed by atoms with E-state index >= 15 is 0 Å². The Hall–Kier alpha value is -1.91. The molecule has 5 nitrogen and oxygen atoms in total. The number of nitrogens with one attached hydrogen (secondary N) is 1. The van der Waals surface area contributed by atoms with Gasteiger partial charge >= 0.3 is 5.97 Å². The van der Waals surface area contributed by atoms with Gasteiger partial charge in [-0.25, -0.2) is 4.79 Å². The van der Waals surface area contributed by atoms with Crippen LogP contribution in [0.15, 0.2) is 18.3 Å². The number of carbonyl (C=O) groups excluding carboxylic acids is 1. The minimum atomic E-state index is -0.984. The fraction of sp³-hybridized carbons (Fsp3) is 0.500. The van der Waals surface area contributed by atoms with Crippen LogP contribution in [0.5, 0.6) is 0 Å². The van der Waals surface area contributed by atoms with Crippen molar-refractivity contribution in [3.8, 4) is 0 Å². The molecule has 0 aliphatic heterocycles. The van der Waals surface area contributed by atoms with Crippen molar-refractivity contribution in [1.82, 2.24) is 10.3 Å². The van der Waals surface area contributed by atoms with Crippen LogP contribution in [0.1, 0.15) is 48.2 Å². The van der Waals surface area contributed by atoms with Crippen LogP contribution in [0, 0.1) is 5.92 Å². The van der Waals surface area contributed by atoms with Crippen LogP contribution in [0.3, 0.4) is 0 Å². The fourth-order valence-corrected chi connectivity index (χ4v) is 2.39. The van der Waals surface area contributed by atoms with Gasteiger partial charge in [0, 0.05) is 12.1 Å². The highest BCUT2D eigenvalue weighted by Gasteiger charge is 2.20. The van der Waals surface area contributed by atoms with Gasteiger partial charge in [-0.1, -0.05) is 19.3 Å². The highest BCUT2D eigenvalue weighted by atomic mass is 16.4. The van der Waals surface area contributed by atoms with Gasteiger partial charge in [0.1, 0.15) is 0 Å². The van der Waals surface area contributed by atoms with Crippen LogP contribution >= 0.6 is 0 Å². The van der Waals surface area contributed by atoms with Crippen LogP contribution in [0.4, 0.5) is 0 Å². The topological polar surface area (TPSA) is 79.3 Å². The van der Waals surface area contributed by atoms with Crippen molar-refractivity contribution in [2.24, 2.45) is 5.92 Å². The van der Waals surface area contributed by atoms with Gasteiger partial charge in [0.15, 0.2) is 0 Å². The summed E-state index contributed by atoms with van der Waals surface area (Å²) in [6.07, 6.45) is 6.80. The summed E-state index contributed by atoms with van der Waals surface area (Å²) in [7, 11) is 0. The molecule has 0 aromatic carbocycles. The van der Waals surface area contributed by atoms with Gasteiger partial charge in [0.2, 0.25) is 5.91 Å². The predicted octanol–water partition coefficient (Wildman–Crippen LogP) is 1.98. The van der Waals surface area contributed by atoms with E-state index in [1.165, 1.54) is 24.8 Å². The van der Waals surface area contributed by atoms with Gasteiger partial charge in [-0.15, -0.1) is 0 Å². The number of pyridine rings is 1. The third-order valence-corrected chi connectivity index (χ3v) is 3.48. The molecule has 0 bridgehead atoms. The maximum atomic E-state index is 11.9. The molecule has 0 saturated heterocycles. The third kappa shape index (κ3) is 3.77. The second kappa shape index (κ2) is 6.31. The minimum Gasteiger partial charge on any atom is -0.478 e. The Morgan fingerprint density at radius 2 is 2.05 bits per heavy atom. The summed E-state index contributed by atoms with van der Waals surface area (Å²) in [6, 6.07) is 2.93. The standard InChI is InChI=1S/C14H18N2O3/c17-13(10-4-2-1-3-5-10)16-9-12-8-11(14(18)19)6-7-15-12/h6-8,10H,1-5,9H2,(H,16,17)(H,18,19). The lowest BCUT2D eigenvalue weighted by Crippen LogP contribution is -2.31. The molecule has 1 aromatic rings. The molecular formula is C14H18N2O3. The van der Waals surface area contributed by atoms with Crippen molar-refractivity contribution in [3.05, 3.63) is 29.6 Å². The van der Waals surface area contributed by atoms with Gasteiger partial charge in [-0.2, -0.15) is 0 Å². The predicted molar refractivity (Wildman–Crippen MR) is 69.6 cm³/mol. The van der Waals surface area contributed by atoms with E-state index in [-0.39, 0.29) is 23.9 Å². The van der Waals surface area contributed by atoms with E-state index in [4.69, 9.17) is 5.11 Å². The van der Waals surface area contributed by atoms with Crippen molar-refractivity contribution >= 4 is 11.9 Å². The molecule has 2 N–H and O–H groups in total. The number of carboxylic acids is 1. The van der Waals surface area contributed by atoms with E-state index in [0.717, 1.165) is 25.7 Å². The van der Waals surface area contributed by atoms with Gasteiger partial charge in [-0.3, -0.25) is 9.78 Å². The number of rotatable bonds is 4. The smallest absolute Gasteiger partial charge is 0.335 e. The Kier molecular flexibility index (Phi) is 4.49. The maximum absolute atomic E-state index is 11.9. The third-order valence-electron chi connectivity index (χ3n) is 3.48. The molecule has 0 unspecified atom stereocenters. The monoisotopic (exact) mass is 262 g/mol. The summed E-state index contributed by atoms with van der Waals surface area (Å²) in [6.45, 7) is 0.288. The Morgan fingerprint density at radius 1 is 1.32 bits per heavy atom. The number of nitrogens with zero attached hydrogens (tertiary/aromatic N) is 1. The molecule has 1 aromatic heterocycles. The number of carbonyl (C=O) groups is 2. The first kappa shape index (κ1) is 13.5. The van der Waals surface area contributed by atoms with E-state index in [9.17, 15) is 9.59 Å². The van der Waals surface area contributed by atoms with Crippen LogP contribution in [0.2, 0.25) is 0 Å². The Balaban J connectivity index is 1.89. The van der Waals surface area contributed by atoms with E-state index < -0.39 is 5.97 Å². The first-order valence-electron chi connectivity index (χ1n) is 6.63. The second-order valence-electron chi connectivity index (χ2n) is 4.89. The van der Waals surface area contributed by atoms with E-state index in [1.54, 1.807) is 0 Å². The lowest BCUT2D eigenvalue weighted by Gasteiger charge is -2.20. The lowest BCUT2D eigenvalue weighted by atomic mass is 9.89. The molecule has 1 aliphatic rings. The Bertz CT molecular complexity index is 468. The number of amides is 1. The molecule has 5 heteroatoms. The molecular weight excluding hydrogens is 244 g/mol. The highest BCUT2D eigenvalue weighted by Crippen LogP contribution is 2.23. The Morgan fingerprint density at radius 3 is 2.74 bits per heavy atom. The summed E-state index contributed by atoms with van der Waals surface area (Å²) in [4.78, 5) is 26.8. The van der Waals surface area contributed by atoms with Crippen molar-refractivity contribution < 1.29 is 14.7 Å². The van der Waals surface area contributed by atoms with E-state index in [1.807, 2.05) is 0 Å². The average Bonchev–Trinajstić information content (AvgIpc) is 2.46. The Labute approximate surface area is 112 Å². The first-order valence-corrected chi connectivity index (χ1v) is 6.63. The minimum absolute atomic E-state index is 0.0576. The summed E-state index contributed by atoms with van der Waals surface area (Å²) in [5, 5.41) is 11.7. The summed E-state index contributed by atoms with van der Waals surface area (Å²) in [5.41, 5.74) is 0.765. The first-order chi connectivity index (χ1) is 9.16. The molecule has 1 fully saturated rings. The van der Waals surface area contributed by atoms with Crippen LogP contribution in [0.25, 0.3) is 0 Å². The van der Waals surface area contributed by atoms with E-state index in [0.29, 0.717) is 5.69 Å². The molecule has 1 saturated carbocycles. The van der Waals surface area contributed by atoms with Crippen molar-refractivity contribution in [2.75, 3.05) is 0 Å². The number of aromatic carboxylic acids is 1. The quantitative estimate of drug-likeness (QED) is 0.869. The van der Waals surface area contributed by atoms with Gasteiger partial charge in [0.25, 0.3) is 0 Å². The number of aromatic nitrogens is 1. The molecule has 2 rings (SSSR count). The lowest BCUT2D eigenvalue weighted by molar-refractivity contribution is -0.126. The zero-order valence-corrected chi connectivity index (χ0v) is 10.8. The molecule has 1 amide bonds. The van der Waals surface area contributed by atoms with Crippen molar-refractivity contribution in [3.63, 3.8) is 0 Å². The van der Waals surface area contributed by atoms with Crippen molar-refractivity contribution in [1.29, 1.82) is 0 Å². The molecule has 1 aliphatic carbocycles. The molecule has 102 valence electrons. The van der Waals surface area contributed by atoms with Crippen LogP contribution in [-0.2, 0) is 11.3 Å². The van der Waals surface area contributed by atoms with Gasteiger partial charge in [-0.05, 0) is 25.0 Å². The summed E-state index contributed by atoms with van der Waals surface area (Å²) >= 11 is 0. The number of hydrogen-bond acceptors (Lipinski definition) is 3. The number of carboxylic acid groups (broad SMARTS) is 1. The fourth-order valence-electron chi connectivity index (χ4n) is 2.39. The summed E-state index contributed by atoms with van der Waals surface area (Å²) in [5.74, 6) is -0.819. The zero-order chi connectivity index (χ0) is 13.7. The highest BCUT2D eigenvalue weighted by molar-refractivity contribution is 5.87.